The number of hydrogen-bond donors (Lipinski definition) is 3. The van der Waals surface area contributed by atoms with Gasteiger partial charge in [-0.15, -0.1) is 0 Å². The molecular weight excluding hydrogens is 421 g/mol. The van der Waals surface area contributed by atoms with Crippen LogP contribution in [0.1, 0.15) is 6.92 Å². The van der Waals surface area contributed by atoms with Crippen molar-refractivity contribution in [2.45, 2.75) is 35.0 Å². The Balaban J connectivity index is 2.68. The maximum absolute atomic E-state index is 10.8. The molecule has 1 saturated heterocycles. The Morgan fingerprint density at radius 1 is 1.41 bits per heavy atom. The quantitative estimate of drug-likeness (QED) is 0.457. The molecule has 0 radical (unpaired) electrons. The maximum atomic E-state index is 10.8. The van der Waals surface area contributed by atoms with E-state index in [2.05, 4.69) is 0 Å². The van der Waals surface area contributed by atoms with Crippen LogP contribution in [0.15, 0.2) is 0 Å². The molecule has 5 atom stereocenters. The predicted octanol–water partition coefficient (Wildman–Crippen LogP) is -1.58. The van der Waals surface area contributed by atoms with Crippen molar-refractivity contribution in [2.24, 2.45) is 0 Å². The van der Waals surface area contributed by atoms with Crippen LogP contribution in [0.5, 0.6) is 0 Å². The van der Waals surface area contributed by atoms with Gasteiger partial charge >= 0.3 is 112 Å². The summed E-state index contributed by atoms with van der Waals surface area (Å²) < 4.78 is 14.9. The van der Waals surface area contributed by atoms with Gasteiger partial charge in [-0.25, -0.2) is 0 Å². The van der Waals surface area contributed by atoms with E-state index in [0.29, 0.717) is 0 Å². The van der Waals surface area contributed by atoms with Gasteiger partial charge in [0.15, 0.2) is 0 Å². The van der Waals surface area contributed by atoms with Gasteiger partial charge in [-0.2, -0.15) is 0 Å². The Bertz CT molecular complexity index is 260. The van der Waals surface area contributed by atoms with Gasteiger partial charge in [0.05, 0.1) is 0 Å². The van der Waals surface area contributed by atoms with Crippen molar-refractivity contribution in [2.75, 3.05) is 13.7 Å². The van der Waals surface area contributed by atoms with Crippen molar-refractivity contribution in [1.29, 1.82) is 0 Å². The van der Waals surface area contributed by atoms with Crippen molar-refractivity contribution in [3.8, 4) is 0 Å². The van der Waals surface area contributed by atoms with Gasteiger partial charge in [-0.05, 0) is 0 Å². The van der Waals surface area contributed by atoms with Crippen LogP contribution in [0.3, 0.4) is 0 Å². The first kappa shape index (κ1) is 15.3. The summed E-state index contributed by atoms with van der Waals surface area (Å²) >= 11 is -2.23. The zero-order chi connectivity index (χ0) is 13.0. The molecule has 1 fully saturated rings. The van der Waals surface area contributed by atoms with Crippen LogP contribution in [0.2, 0.25) is 3.43 Å². The van der Waals surface area contributed by atoms with Gasteiger partial charge in [-0.3, -0.25) is 0 Å². The summed E-state index contributed by atoms with van der Waals surface area (Å²) in [5, 5.41) is 28.6. The first-order valence-electron chi connectivity index (χ1n) is 5.29. The standard InChI is InChI=1S/C7H13O5.C2H4O2.Hg/c1-11-6-2-4(9)7(10)5(3-8)12-6;1-2(3)4;/h2,4-10H,3H2,1H3;1H3,(H,3,4);/q;;+1/p-1/t4-,5-,6?,7+;;/m1../s1. The molecule has 1 rings (SSSR count). The summed E-state index contributed by atoms with van der Waals surface area (Å²) in [6.45, 7) is 0.889. The molecule has 0 aliphatic carbocycles. The van der Waals surface area contributed by atoms with Crippen LogP contribution < -0.4 is 0 Å². The van der Waals surface area contributed by atoms with E-state index in [4.69, 9.17) is 17.2 Å². The van der Waals surface area contributed by atoms with Gasteiger partial charge in [0, 0.05) is 0 Å². The Morgan fingerprint density at radius 3 is 2.53 bits per heavy atom. The van der Waals surface area contributed by atoms with Crippen LogP contribution >= 0.6 is 0 Å². The molecule has 0 spiro atoms. The number of rotatable bonds is 4. The van der Waals surface area contributed by atoms with Crippen LogP contribution in [0.25, 0.3) is 0 Å². The second-order valence-corrected chi connectivity index (χ2v) is 9.99. The van der Waals surface area contributed by atoms with Crippen LogP contribution in [-0.4, -0.2) is 59.6 Å². The topological polar surface area (TPSA) is 105 Å². The first-order valence-corrected chi connectivity index (χ1v) is 10.7. The summed E-state index contributed by atoms with van der Waals surface area (Å²) in [5.41, 5.74) is 0. The van der Waals surface area contributed by atoms with Gasteiger partial charge < -0.3 is 0 Å². The second-order valence-electron chi connectivity index (χ2n) is 3.91. The molecule has 0 aromatic heterocycles. The van der Waals surface area contributed by atoms with Crippen molar-refractivity contribution in [1.82, 2.24) is 0 Å². The SMILES string of the molecule is COC1O[C@H](CO)[C@@H](O)[C@H](O)[C@H]1[Hg][O]C(C)=O. The molecule has 3 N–H and O–H groups in total. The minimum atomic E-state index is -2.23. The zero-order valence-corrected chi connectivity index (χ0v) is 15.3. The van der Waals surface area contributed by atoms with E-state index in [9.17, 15) is 15.0 Å². The number of aliphatic hydroxyl groups is 3. The third-order valence-electron chi connectivity index (χ3n) is 2.72. The number of methoxy groups -OCH3 is 1. The summed E-state index contributed by atoms with van der Waals surface area (Å²) in [7, 11) is 1.40. The third-order valence-corrected chi connectivity index (χ3v) is 9.82. The van der Waals surface area contributed by atoms with Crippen molar-refractivity contribution in [3.05, 3.63) is 0 Å². The summed E-state index contributed by atoms with van der Waals surface area (Å²) in [4.78, 5) is 10.8. The van der Waals surface area contributed by atoms with E-state index in [1.54, 1.807) is 0 Å². The molecule has 17 heavy (non-hydrogen) atoms. The Morgan fingerprint density at radius 2 is 2.06 bits per heavy atom. The molecule has 96 valence electrons. The molecular formula is C9H16HgO7. The molecule has 0 aromatic carbocycles. The van der Waals surface area contributed by atoms with Gasteiger partial charge in [0.25, 0.3) is 0 Å². The molecule has 7 nitrogen and oxygen atoms in total. The van der Waals surface area contributed by atoms with Gasteiger partial charge in [-0.1, -0.05) is 0 Å². The Hall–Kier alpha value is 0.205. The second kappa shape index (κ2) is 6.96. The van der Waals surface area contributed by atoms with Crippen molar-refractivity contribution >= 4 is 5.97 Å². The predicted molar refractivity (Wildman–Crippen MR) is 50.3 cm³/mol. The number of aliphatic hydroxyl groups excluding tert-OH is 3. The van der Waals surface area contributed by atoms with E-state index in [-0.39, 0.29) is 0 Å². The summed E-state index contributed by atoms with van der Waals surface area (Å²) in [6.07, 6.45) is -3.90. The minimum absolute atomic E-state index is 0.396. The molecule has 1 heterocycles. The van der Waals surface area contributed by atoms with Gasteiger partial charge in [0.2, 0.25) is 0 Å². The van der Waals surface area contributed by atoms with Crippen molar-refractivity contribution in [3.63, 3.8) is 0 Å². The number of ether oxygens (including phenoxy) is 2. The normalized spacial score (nSPS) is 37.4. The van der Waals surface area contributed by atoms with E-state index in [1.807, 2.05) is 0 Å². The average Bonchev–Trinajstić information content (AvgIpc) is 2.30. The molecule has 0 amide bonds. The van der Waals surface area contributed by atoms with E-state index in [1.165, 1.54) is 14.0 Å². The molecule has 0 bridgehead atoms. The average molecular weight is 437 g/mol. The monoisotopic (exact) mass is 438 g/mol. The fourth-order valence-electron chi connectivity index (χ4n) is 1.76. The summed E-state index contributed by atoms with van der Waals surface area (Å²) in [6, 6.07) is 0. The first-order chi connectivity index (χ1) is 8.01. The Labute approximate surface area is 112 Å². The zero-order valence-electron chi connectivity index (χ0n) is 9.78. The van der Waals surface area contributed by atoms with Crippen molar-refractivity contribution < 1.29 is 57.3 Å². The summed E-state index contributed by atoms with van der Waals surface area (Å²) in [5.74, 6) is -0.396. The molecule has 1 unspecified atom stereocenters. The molecule has 1 aliphatic heterocycles. The number of hydrogen-bond acceptors (Lipinski definition) is 7. The van der Waals surface area contributed by atoms with E-state index < -0.39 is 65.6 Å². The Kier molecular flexibility index (Phi) is 6.25. The number of carbonyl (C=O) groups is 1. The molecule has 0 aromatic rings. The third kappa shape index (κ3) is 3.83. The van der Waals surface area contributed by atoms with Crippen LogP contribution in [0, 0.1) is 0 Å². The fraction of sp³-hybridized carbons (Fsp3) is 0.889. The number of carbonyl (C=O) groups excluding carboxylic acids is 1. The van der Waals surface area contributed by atoms with Gasteiger partial charge in [0.1, 0.15) is 0 Å². The van der Waals surface area contributed by atoms with Crippen LogP contribution in [0.4, 0.5) is 0 Å². The van der Waals surface area contributed by atoms with E-state index >= 15 is 0 Å². The molecule has 0 saturated carbocycles. The fourth-order valence-corrected chi connectivity index (χ4v) is 7.06. The molecule has 8 heteroatoms. The van der Waals surface area contributed by atoms with E-state index in [0.717, 1.165) is 0 Å². The molecule has 1 aliphatic rings. The van der Waals surface area contributed by atoms with Crippen LogP contribution in [-0.2, 0) is 41.9 Å².